The van der Waals surface area contributed by atoms with Crippen LogP contribution in [0.25, 0.3) is 0 Å². The predicted molar refractivity (Wildman–Crippen MR) is 89.1 cm³/mol. The fraction of sp³-hybridized carbons (Fsp3) is 0.444. The van der Waals surface area contributed by atoms with Gasteiger partial charge >= 0.3 is 0 Å². The molecule has 0 aliphatic heterocycles. The molecular formula is C18H27NO2. The minimum Gasteiger partial charge on any atom is -0.490 e. The predicted octanol–water partition coefficient (Wildman–Crippen LogP) is 3.88. The molecule has 0 saturated carbocycles. The molecule has 1 rings (SSSR count). The minimum absolute atomic E-state index is 0.634. The molecule has 0 bridgehead atoms. The molecule has 0 spiro atoms. The first-order chi connectivity index (χ1) is 10.3. The van der Waals surface area contributed by atoms with Crippen molar-refractivity contribution in [2.75, 3.05) is 19.8 Å². The maximum Gasteiger partial charge on any atom is 0.161 e. The van der Waals surface area contributed by atoms with E-state index in [2.05, 4.69) is 13.2 Å². The van der Waals surface area contributed by atoms with Crippen LogP contribution in [0, 0.1) is 0 Å². The normalized spacial score (nSPS) is 10.1. The number of benzene rings is 1. The van der Waals surface area contributed by atoms with Crippen LogP contribution >= 0.6 is 0 Å². The van der Waals surface area contributed by atoms with Crippen molar-refractivity contribution in [3.05, 3.63) is 49.1 Å². The zero-order valence-electron chi connectivity index (χ0n) is 12.9. The van der Waals surface area contributed by atoms with E-state index in [9.17, 15) is 0 Å². The van der Waals surface area contributed by atoms with Crippen LogP contribution in [0.4, 0.5) is 0 Å². The largest absolute Gasteiger partial charge is 0.490 e. The lowest BCUT2D eigenvalue weighted by Crippen LogP contribution is -2.05. The Morgan fingerprint density at radius 1 is 0.952 bits per heavy atom. The highest BCUT2D eigenvalue weighted by Crippen LogP contribution is 2.29. The molecule has 21 heavy (non-hydrogen) atoms. The van der Waals surface area contributed by atoms with E-state index in [0.29, 0.717) is 19.8 Å². The molecule has 0 aromatic heterocycles. The number of unbranched alkanes of at least 4 members (excludes halogenated alkanes) is 2. The Morgan fingerprint density at radius 3 is 2.14 bits per heavy atom. The smallest absolute Gasteiger partial charge is 0.161 e. The highest BCUT2D eigenvalue weighted by Gasteiger charge is 2.07. The van der Waals surface area contributed by atoms with Crippen LogP contribution in [0.15, 0.2) is 43.5 Å². The Bertz CT molecular complexity index is 429. The highest BCUT2D eigenvalue weighted by molar-refractivity contribution is 5.43. The van der Waals surface area contributed by atoms with E-state index in [-0.39, 0.29) is 0 Å². The zero-order valence-corrected chi connectivity index (χ0v) is 12.9. The number of rotatable bonds is 12. The lowest BCUT2D eigenvalue weighted by molar-refractivity contribution is 0.264. The van der Waals surface area contributed by atoms with Crippen molar-refractivity contribution < 1.29 is 9.47 Å². The minimum atomic E-state index is 0.634. The fourth-order valence-electron chi connectivity index (χ4n) is 1.93. The first-order valence-corrected chi connectivity index (χ1v) is 7.62. The van der Waals surface area contributed by atoms with Crippen LogP contribution in [0.3, 0.4) is 0 Å². The van der Waals surface area contributed by atoms with E-state index < -0.39 is 0 Å². The van der Waals surface area contributed by atoms with Crippen molar-refractivity contribution in [1.82, 2.24) is 0 Å². The molecule has 0 atom stereocenters. The summed E-state index contributed by atoms with van der Waals surface area (Å²) in [7, 11) is 0. The fourth-order valence-corrected chi connectivity index (χ4v) is 1.93. The Morgan fingerprint density at radius 2 is 1.57 bits per heavy atom. The summed E-state index contributed by atoms with van der Waals surface area (Å²) in [4.78, 5) is 0. The summed E-state index contributed by atoms with van der Waals surface area (Å²) < 4.78 is 11.7. The zero-order chi connectivity index (χ0) is 15.3. The van der Waals surface area contributed by atoms with Gasteiger partial charge in [-0.15, -0.1) is 13.2 Å². The van der Waals surface area contributed by atoms with Crippen LogP contribution < -0.4 is 15.2 Å². The van der Waals surface area contributed by atoms with E-state index in [1.54, 1.807) is 0 Å². The van der Waals surface area contributed by atoms with Crippen molar-refractivity contribution in [3.8, 4) is 11.5 Å². The van der Waals surface area contributed by atoms with Crippen LogP contribution in [0.2, 0.25) is 0 Å². The molecule has 1 aromatic rings. The summed E-state index contributed by atoms with van der Waals surface area (Å²) in [6, 6.07) is 6.05. The average molecular weight is 289 g/mol. The van der Waals surface area contributed by atoms with Gasteiger partial charge < -0.3 is 15.2 Å². The van der Waals surface area contributed by atoms with Crippen molar-refractivity contribution >= 4 is 0 Å². The van der Waals surface area contributed by atoms with Gasteiger partial charge in [0.2, 0.25) is 0 Å². The van der Waals surface area contributed by atoms with Crippen LogP contribution in [0.1, 0.15) is 31.2 Å². The first kappa shape index (κ1) is 17.3. The van der Waals surface area contributed by atoms with Crippen LogP contribution in [-0.2, 0) is 6.42 Å². The summed E-state index contributed by atoms with van der Waals surface area (Å²) in [5.74, 6) is 1.61. The molecule has 0 radical (unpaired) electrons. The monoisotopic (exact) mass is 289 g/mol. The second kappa shape index (κ2) is 11.0. The molecule has 0 amide bonds. The van der Waals surface area contributed by atoms with E-state index in [1.807, 2.05) is 30.4 Å². The van der Waals surface area contributed by atoms with Crippen molar-refractivity contribution in [2.45, 2.75) is 32.1 Å². The number of hydrogen-bond acceptors (Lipinski definition) is 3. The summed E-state index contributed by atoms with van der Waals surface area (Å²) in [5, 5.41) is 0. The highest BCUT2D eigenvalue weighted by atomic mass is 16.5. The van der Waals surface area contributed by atoms with Gasteiger partial charge in [0, 0.05) is 0 Å². The number of hydrogen-bond donors (Lipinski definition) is 1. The van der Waals surface area contributed by atoms with Gasteiger partial charge in [-0.3, -0.25) is 0 Å². The molecule has 0 aliphatic rings. The Balaban J connectivity index is 2.64. The van der Waals surface area contributed by atoms with Crippen LogP contribution in [0.5, 0.6) is 11.5 Å². The van der Waals surface area contributed by atoms with Gasteiger partial charge in [-0.25, -0.2) is 0 Å². The van der Waals surface area contributed by atoms with Gasteiger partial charge in [0.15, 0.2) is 11.5 Å². The summed E-state index contributed by atoms with van der Waals surface area (Å²) >= 11 is 0. The number of ether oxygens (including phenoxy) is 2. The third-order valence-corrected chi connectivity index (χ3v) is 3.06. The third-order valence-electron chi connectivity index (χ3n) is 3.06. The third kappa shape index (κ3) is 7.00. The SMILES string of the molecule is C=CCCCOc1ccc(CCN)cc1OCCCC=C. The first-order valence-electron chi connectivity index (χ1n) is 7.62. The van der Waals surface area contributed by atoms with E-state index >= 15 is 0 Å². The Hall–Kier alpha value is -1.74. The Kier molecular flexibility index (Phi) is 9.05. The number of allylic oxidation sites excluding steroid dienone is 2. The maximum absolute atomic E-state index is 5.85. The second-order valence-electron chi connectivity index (χ2n) is 4.88. The summed E-state index contributed by atoms with van der Waals surface area (Å²) in [5.41, 5.74) is 6.78. The van der Waals surface area contributed by atoms with E-state index in [0.717, 1.165) is 43.6 Å². The van der Waals surface area contributed by atoms with Crippen molar-refractivity contribution in [3.63, 3.8) is 0 Å². The quantitative estimate of drug-likeness (QED) is 0.469. The summed E-state index contributed by atoms with van der Waals surface area (Å²) in [6.45, 7) is 9.40. The molecule has 0 unspecified atom stereocenters. The molecule has 116 valence electrons. The standard InChI is InChI=1S/C18H27NO2/c1-3-5-7-13-20-17-10-9-16(11-12-19)15-18(17)21-14-8-6-4-2/h3-4,9-10,15H,1-2,5-8,11-14,19H2. The molecule has 2 N–H and O–H groups in total. The van der Waals surface area contributed by atoms with Gasteiger partial charge in [0.1, 0.15) is 0 Å². The lowest BCUT2D eigenvalue weighted by atomic mass is 10.1. The van der Waals surface area contributed by atoms with Crippen LogP contribution in [-0.4, -0.2) is 19.8 Å². The van der Waals surface area contributed by atoms with E-state index in [4.69, 9.17) is 15.2 Å². The van der Waals surface area contributed by atoms with Gasteiger partial charge in [-0.1, -0.05) is 18.2 Å². The molecule has 0 fully saturated rings. The van der Waals surface area contributed by atoms with Gasteiger partial charge in [-0.05, 0) is 56.3 Å². The molecule has 0 heterocycles. The van der Waals surface area contributed by atoms with E-state index in [1.165, 1.54) is 5.56 Å². The Labute approximate surface area is 128 Å². The molecular weight excluding hydrogens is 262 g/mol. The molecule has 0 saturated heterocycles. The summed E-state index contributed by atoms with van der Waals surface area (Å²) in [6.07, 6.45) is 8.49. The molecule has 3 heteroatoms. The number of nitrogens with two attached hydrogens (primary N) is 1. The van der Waals surface area contributed by atoms with Crippen molar-refractivity contribution in [2.24, 2.45) is 5.73 Å². The molecule has 3 nitrogen and oxygen atoms in total. The molecule has 0 aliphatic carbocycles. The van der Waals surface area contributed by atoms with Gasteiger partial charge in [0.05, 0.1) is 13.2 Å². The maximum atomic E-state index is 5.85. The molecule has 1 aromatic carbocycles. The van der Waals surface area contributed by atoms with Crippen molar-refractivity contribution in [1.29, 1.82) is 0 Å². The lowest BCUT2D eigenvalue weighted by Gasteiger charge is -2.14. The van der Waals surface area contributed by atoms with Gasteiger partial charge in [-0.2, -0.15) is 0 Å². The average Bonchev–Trinajstić information content (AvgIpc) is 2.50. The van der Waals surface area contributed by atoms with Gasteiger partial charge in [0.25, 0.3) is 0 Å². The second-order valence-corrected chi connectivity index (χ2v) is 4.88. The topological polar surface area (TPSA) is 44.5 Å².